The van der Waals surface area contributed by atoms with Crippen molar-refractivity contribution in [1.82, 2.24) is 5.32 Å². The third-order valence-electron chi connectivity index (χ3n) is 3.50. The predicted octanol–water partition coefficient (Wildman–Crippen LogP) is 4.22. The van der Waals surface area contributed by atoms with Gasteiger partial charge in [0.1, 0.15) is 0 Å². The lowest BCUT2D eigenvalue weighted by Gasteiger charge is -2.12. The maximum absolute atomic E-state index is 3.73. The van der Waals surface area contributed by atoms with E-state index in [2.05, 4.69) is 30.9 Å². The minimum Gasteiger partial charge on any atom is -0.314 e. The zero-order chi connectivity index (χ0) is 11.6. The van der Waals surface area contributed by atoms with Crippen LogP contribution >= 0.6 is 11.8 Å². The maximum atomic E-state index is 3.73. The van der Waals surface area contributed by atoms with Crippen LogP contribution in [0.15, 0.2) is 0 Å². The van der Waals surface area contributed by atoms with Crippen LogP contribution in [-0.2, 0) is 0 Å². The van der Waals surface area contributed by atoms with Crippen molar-refractivity contribution in [3.8, 4) is 0 Å². The molecule has 0 aromatic rings. The number of thioether (sulfide) groups is 1. The van der Waals surface area contributed by atoms with Gasteiger partial charge in [0.15, 0.2) is 0 Å². The summed E-state index contributed by atoms with van der Waals surface area (Å²) in [5, 5.41) is 4.68. The fourth-order valence-electron chi connectivity index (χ4n) is 2.55. The molecule has 1 saturated carbocycles. The van der Waals surface area contributed by atoms with E-state index in [0.717, 1.165) is 11.3 Å². The molecule has 0 aromatic heterocycles. The second-order valence-corrected chi connectivity index (χ2v) is 6.53. The first kappa shape index (κ1) is 14.4. The van der Waals surface area contributed by atoms with Crippen molar-refractivity contribution in [1.29, 1.82) is 0 Å². The van der Waals surface area contributed by atoms with Crippen LogP contribution in [0.4, 0.5) is 0 Å². The van der Waals surface area contributed by atoms with Crippen molar-refractivity contribution in [2.75, 3.05) is 12.3 Å². The first-order valence-electron chi connectivity index (χ1n) is 7.21. The number of nitrogens with one attached hydrogen (secondary N) is 1. The van der Waals surface area contributed by atoms with E-state index in [-0.39, 0.29) is 0 Å². The first-order chi connectivity index (χ1) is 7.86. The van der Waals surface area contributed by atoms with Crippen LogP contribution in [0, 0.1) is 0 Å². The van der Waals surface area contributed by atoms with Crippen LogP contribution < -0.4 is 5.32 Å². The van der Waals surface area contributed by atoms with E-state index >= 15 is 0 Å². The van der Waals surface area contributed by atoms with E-state index in [4.69, 9.17) is 0 Å². The van der Waals surface area contributed by atoms with E-state index in [1.807, 2.05) is 0 Å². The minimum absolute atomic E-state index is 0.829. The molecule has 0 radical (unpaired) electrons. The molecule has 0 heterocycles. The Morgan fingerprint density at radius 1 is 1.06 bits per heavy atom. The smallest absolute Gasteiger partial charge is 0.00779 e. The molecular weight excluding hydrogens is 214 g/mol. The van der Waals surface area contributed by atoms with Crippen LogP contribution in [0.5, 0.6) is 0 Å². The second-order valence-electron chi connectivity index (χ2n) is 4.96. The van der Waals surface area contributed by atoms with Crippen LogP contribution in [0.25, 0.3) is 0 Å². The van der Waals surface area contributed by atoms with Crippen LogP contribution in [0.2, 0.25) is 0 Å². The van der Waals surface area contributed by atoms with Gasteiger partial charge in [0.05, 0.1) is 0 Å². The van der Waals surface area contributed by atoms with E-state index in [9.17, 15) is 0 Å². The fourth-order valence-corrected chi connectivity index (χ4v) is 3.69. The summed E-state index contributed by atoms with van der Waals surface area (Å²) < 4.78 is 0. The van der Waals surface area contributed by atoms with Crippen LogP contribution in [0.3, 0.4) is 0 Å². The molecule has 1 aliphatic rings. The van der Waals surface area contributed by atoms with Crippen molar-refractivity contribution in [2.45, 2.75) is 76.5 Å². The summed E-state index contributed by atoms with van der Waals surface area (Å²) >= 11 is 2.15. The third-order valence-corrected chi connectivity index (χ3v) is 4.73. The predicted molar refractivity (Wildman–Crippen MR) is 76.3 cm³/mol. The molecule has 16 heavy (non-hydrogen) atoms. The molecule has 2 unspecified atom stereocenters. The summed E-state index contributed by atoms with van der Waals surface area (Å²) in [6.07, 6.45) is 11.2. The lowest BCUT2D eigenvalue weighted by molar-refractivity contribution is 0.500. The molecule has 1 aliphatic carbocycles. The second kappa shape index (κ2) is 9.35. The Morgan fingerprint density at radius 3 is 2.62 bits per heavy atom. The summed E-state index contributed by atoms with van der Waals surface area (Å²) in [4.78, 5) is 0. The Balaban J connectivity index is 1.90. The van der Waals surface area contributed by atoms with Gasteiger partial charge in [-0.3, -0.25) is 0 Å². The number of unbranched alkanes of at least 4 members (excludes halogenated alkanes) is 4. The average Bonchev–Trinajstić information content (AvgIpc) is 2.72. The van der Waals surface area contributed by atoms with Crippen LogP contribution in [-0.4, -0.2) is 23.6 Å². The molecule has 1 nitrogen and oxygen atoms in total. The molecule has 0 aromatic carbocycles. The molecule has 0 saturated heterocycles. The highest BCUT2D eigenvalue weighted by atomic mass is 32.2. The normalized spacial score (nSPS) is 25.1. The van der Waals surface area contributed by atoms with Gasteiger partial charge in [0.2, 0.25) is 0 Å². The number of rotatable bonds is 9. The lowest BCUT2D eigenvalue weighted by Crippen LogP contribution is -2.27. The van der Waals surface area contributed by atoms with Gasteiger partial charge in [-0.1, -0.05) is 39.5 Å². The van der Waals surface area contributed by atoms with E-state index in [0.29, 0.717) is 0 Å². The Morgan fingerprint density at radius 2 is 1.88 bits per heavy atom. The SMILES string of the molecule is CCCCCCCNC1CCC(SCC)C1. The zero-order valence-electron chi connectivity index (χ0n) is 11.1. The van der Waals surface area contributed by atoms with Crippen LogP contribution in [0.1, 0.15) is 65.2 Å². The summed E-state index contributed by atoms with van der Waals surface area (Å²) in [5.74, 6) is 1.29. The highest BCUT2D eigenvalue weighted by Crippen LogP contribution is 2.29. The van der Waals surface area contributed by atoms with E-state index in [1.54, 1.807) is 0 Å². The minimum atomic E-state index is 0.829. The summed E-state index contributed by atoms with van der Waals surface area (Å²) in [7, 11) is 0. The van der Waals surface area contributed by atoms with Gasteiger partial charge in [-0.25, -0.2) is 0 Å². The lowest BCUT2D eigenvalue weighted by atomic mass is 10.1. The number of hydrogen-bond acceptors (Lipinski definition) is 2. The highest BCUT2D eigenvalue weighted by Gasteiger charge is 2.23. The molecule has 96 valence electrons. The van der Waals surface area contributed by atoms with Crippen molar-refractivity contribution in [2.24, 2.45) is 0 Å². The fraction of sp³-hybridized carbons (Fsp3) is 1.00. The Kier molecular flexibility index (Phi) is 8.40. The molecule has 1 N–H and O–H groups in total. The van der Waals surface area contributed by atoms with Gasteiger partial charge >= 0.3 is 0 Å². The zero-order valence-corrected chi connectivity index (χ0v) is 12.0. The van der Waals surface area contributed by atoms with Crippen molar-refractivity contribution in [3.63, 3.8) is 0 Å². The topological polar surface area (TPSA) is 12.0 Å². The summed E-state index contributed by atoms with van der Waals surface area (Å²) in [5.41, 5.74) is 0. The van der Waals surface area contributed by atoms with Crippen molar-refractivity contribution >= 4 is 11.8 Å². The van der Waals surface area contributed by atoms with Gasteiger partial charge in [-0.05, 0) is 38.0 Å². The molecule has 0 aliphatic heterocycles. The van der Waals surface area contributed by atoms with Gasteiger partial charge < -0.3 is 5.32 Å². The highest BCUT2D eigenvalue weighted by molar-refractivity contribution is 7.99. The van der Waals surface area contributed by atoms with Gasteiger partial charge in [-0.15, -0.1) is 0 Å². The molecule has 1 rings (SSSR count). The molecule has 2 atom stereocenters. The largest absolute Gasteiger partial charge is 0.314 e. The summed E-state index contributed by atoms with van der Waals surface area (Å²) in [6, 6.07) is 0.829. The maximum Gasteiger partial charge on any atom is 0.00779 e. The Hall–Kier alpha value is 0.310. The molecule has 0 amide bonds. The van der Waals surface area contributed by atoms with Gasteiger partial charge in [0.25, 0.3) is 0 Å². The van der Waals surface area contributed by atoms with Gasteiger partial charge in [0, 0.05) is 11.3 Å². The molecular formula is C14H29NS. The number of hydrogen-bond donors (Lipinski definition) is 1. The summed E-state index contributed by atoms with van der Waals surface area (Å²) in [6.45, 7) is 5.80. The standard InChI is InChI=1S/C14H29NS/c1-3-5-6-7-8-11-15-13-9-10-14(12-13)16-4-2/h13-15H,3-12H2,1-2H3. The van der Waals surface area contributed by atoms with Crippen molar-refractivity contribution in [3.05, 3.63) is 0 Å². The Bertz CT molecular complexity index is 161. The first-order valence-corrected chi connectivity index (χ1v) is 8.26. The quantitative estimate of drug-likeness (QED) is 0.609. The van der Waals surface area contributed by atoms with E-state index < -0.39 is 0 Å². The monoisotopic (exact) mass is 243 g/mol. The third kappa shape index (κ3) is 6.15. The molecule has 1 fully saturated rings. The average molecular weight is 243 g/mol. The molecule has 0 spiro atoms. The molecule has 0 bridgehead atoms. The Labute approximate surface area is 106 Å². The van der Waals surface area contributed by atoms with Crippen molar-refractivity contribution < 1.29 is 0 Å². The molecule has 2 heteroatoms. The van der Waals surface area contributed by atoms with Gasteiger partial charge in [-0.2, -0.15) is 11.8 Å². The van der Waals surface area contributed by atoms with E-state index in [1.165, 1.54) is 63.7 Å².